The summed E-state index contributed by atoms with van der Waals surface area (Å²) in [5.74, 6) is 0.0277. The minimum atomic E-state index is -0.324. The smallest absolute Gasteiger partial charge is 0.262 e. The molecule has 0 fully saturated rings. The van der Waals surface area contributed by atoms with Crippen molar-refractivity contribution in [3.8, 4) is 17.0 Å². The van der Waals surface area contributed by atoms with E-state index >= 15 is 0 Å². The molecule has 0 spiro atoms. The second-order valence-corrected chi connectivity index (χ2v) is 6.69. The second-order valence-electron chi connectivity index (χ2n) is 5.84. The summed E-state index contributed by atoms with van der Waals surface area (Å²) in [6.45, 7) is -0.199. The number of nitrogens with zero attached hydrogens (tertiary/aromatic N) is 4. The molecule has 0 saturated carbocycles. The fourth-order valence-corrected chi connectivity index (χ4v) is 2.90. The molecule has 4 aromatic rings. The van der Waals surface area contributed by atoms with Gasteiger partial charge in [0, 0.05) is 22.3 Å². The highest BCUT2D eigenvalue weighted by molar-refractivity contribution is 6.34. The fourth-order valence-electron chi connectivity index (χ4n) is 2.57. The van der Waals surface area contributed by atoms with E-state index in [4.69, 9.17) is 27.9 Å². The van der Waals surface area contributed by atoms with Crippen LogP contribution in [0.1, 0.15) is 0 Å². The van der Waals surface area contributed by atoms with E-state index in [1.807, 2.05) is 30.3 Å². The first-order valence-corrected chi connectivity index (χ1v) is 8.99. The zero-order valence-corrected chi connectivity index (χ0v) is 15.9. The number of halogens is 2. The Morgan fingerprint density at radius 1 is 1.11 bits per heavy atom. The molecule has 1 amide bonds. The third-order valence-electron chi connectivity index (χ3n) is 3.86. The molecule has 4 rings (SSSR count). The van der Waals surface area contributed by atoms with Crippen LogP contribution >= 0.6 is 23.2 Å². The number of hydrogen-bond acceptors (Lipinski definition) is 5. The molecule has 0 aliphatic heterocycles. The Balaban J connectivity index is 1.45. The van der Waals surface area contributed by atoms with Crippen molar-refractivity contribution in [2.45, 2.75) is 0 Å². The van der Waals surface area contributed by atoms with Crippen molar-refractivity contribution in [1.82, 2.24) is 19.8 Å². The highest BCUT2D eigenvalue weighted by Gasteiger charge is 2.09. The Kier molecular flexibility index (Phi) is 5.10. The van der Waals surface area contributed by atoms with Crippen LogP contribution in [0.4, 0.5) is 5.69 Å². The molecule has 7 nitrogen and oxygen atoms in total. The average molecular weight is 414 g/mol. The maximum atomic E-state index is 12.2. The SMILES string of the molecule is O=C(COc1cc(Cl)ccc1Cl)Nc1cccc(-c2ccc3nncn3n2)c1. The minimum Gasteiger partial charge on any atom is -0.482 e. The van der Waals surface area contributed by atoms with Gasteiger partial charge in [-0.25, -0.2) is 0 Å². The zero-order valence-electron chi connectivity index (χ0n) is 14.3. The first kappa shape index (κ1) is 18.2. The quantitative estimate of drug-likeness (QED) is 0.532. The second kappa shape index (κ2) is 7.84. The summed E-state index contributed by atoms with van der Waals surface area (Å²) < 4.78 is 7.03. The van der Waals surface area contributed by atoms with Crippen molar-refractivity contribution in [3.05, 3.63) is 71.0 Å². The lowest BCUT2D eigenvalue weighted by molar-refractivity contribution is -0.118. The first-order valence-electron chi connectivity index (χ1n) is 8.24. The van der Waals surface area contributed by atoms with E-state index in [1.165, 1.54) is 6.33 Å². The molecule has 0 aliphatic rings. The van der Waals surface area contributed by atoms with E-state index in [0.29, 0.717) is 27.1 Å². The van der Waals surface area contributed by atoms with E-state index in [0.717, 1.165) is 11.3 Å². The summed E-state index contributed by atoms with van der Waals surface area (Å²) in [5, 5.41) is 15.8. The number of anilines is 1. The lowest BCUT2D eigenvalue weighted by atomic mass is 10.1. The molecule has 0 unspecified atom stereocenters. The largest absolute Gasteiger partial charge is 0.482 e. The summed E-state index contributed by atoms with van der Waals surface area (Å²) in [4.78, 5) is 12.2. The minimum absolute atomic E-state index is 0.199. The molecule has 2 heterocycles. The summed E-state index contributed by atoms with van der Waals surface area (Å²) >= 11 is 11.9. The highest BCUT2D eigenvalue weighted by atomic mass is 35.5. The van der Waals surface area contributed by atoms with Crippen LogP contribution in [-0.4, -0.2) is 32.3 Å². The van der Waals surface area contributed by atoms with Gasteiger partial charge < -0.3 is 10.1 Å². The molecule has 0 radical (unpaired) electrons. The predicted molar refractivity (Wildman–Crippen MR) is 107 cm³/mol. The van der Waals surface area contributed by atoms with Gasteiger partial charge in [0.1, 0.15) is 12.1 Å². The van der Waals surface area contributed by atoms with Crippen LogP contribution in [0.15, 0.2) is 60.9 Å². The van der Waals surface area contributed by atoms with E-state index < -0.39 is 0 Å². The van der Waals surface area contributed by atoms with Crippen LogP contribution in [0.3, 0.4) is 0 Å². The van der Waals surface area contributed by atoms with Crippen molar-refractivity contribution in [1.29, 1.82) is 0 Å². The van der Waals surface area contributed by atoms with E-state index in [-0.39, 0.29) is 12.5 Å². The van der Waals surface area contributed by atoms with Gasteiger partial charge in [-0.05, 0) is 36.4 Å². The lowest BCUT2D eigenvalue weighted by Crippen LogP contribution is -2.20. The molecule has 0 atom stereocenters. The van der Waals surface area contributed by atoms with E-state index in [2.05, 4.69) is 20.6 Å². The average Bonchev–Trinajstić information content (AvgIpc) is 3.17. The first-order chi connectivity index (χ1) is 13.6. The number of hydrogen-bond donors (Lipinski definition) is 1. The van der Waals surface area contributed by atoms with Crippen LogP contribution in [0, 0.1) is 0 Å². The highest BCUT2D eigenvalue weighted by Crippen LogP contribution is 2.27. The maximum Gasteiger partial charge on any atom is 0.262 e. The Labute approximate surface area is 169 Å². The molecule has 9 heteroatoms. The molecular formula is C19H13Cl2N5O2. The summed E-state index contributed by atoms with van der Waals surface area (Å²) in [6.07, 6.45) is 1.53. The maximum absolute atomic E-state index is 12.2. The number of carbonyl (C=O) groups excluding carboxylic acids is 1. The third kappa shape index (κ3) is 4.05. The number of rotatable bonds is 5. The number of fused-ring (bicyclic) bond motifs is 1. The Morgan fingerprint density at radius 3 is 2.89 bits per heavy atom. The monoisotopic (exact) mass is 413 g/mol. The predicted octanol–water partition coefficient (Wildman–Crippen LogP) is 4.12. The van der Waals surface area contributed by atoms with Gasteiger partial charge in [-0.2, -0.15) is 9.61 Å². The van der Waals surface area contributed by atoms with Gasteiger partial charge in [0.15, 0.2) is 12.3 Å². The zero-order chi connectivity index (χ0) is 19.5. The molecular weight excluding hydrogens is 401 g/mol. The van der Waals surface area contributed by atoms with Gasteiger partial charge >= 0.3 is 0 Å². The molecule has 28 heavy (non-hydrogen) atoms. The number of benzene rings is 2. The topological polar surface area (TPSA) is 81.4 Å². The standard InChI is InChI=1S/C19H13Cl2N5O2/c20-13-4-5-15(21)17(9-13)28-10-19(27)23-14-3-1-2-12(8-14)16-6-7-18-24-22-11-26(18)25-16/h1-9,11H,10H2,(H,23,27). The Bertz CT molecular complexity index is 1160. The van der Waals surface area contributed by atoms with Crippen LogP contribution in [0.25, 0.3) is 16.9 Å². The molecule has 0 saturated heterocycles. The number of carbonyl (C=O) groups is 1. The summed E-state index contributed by atoms with van der Waals surface area (Å²) in [5.41, 5.74) is 2.84. The van der Waals surface area contributed by atoms with Gasteiger partial charge in [-0.3, -0.25) is 4.79 Å². The van der Waals surface area contributed by atoms with Gasteiger partial charge in [0.2, 0.25) is 0 Å². The van der Waals surface area contributed by atoms with E-state index in [1.54, 1.807) is 28.8 Å². The molecule has 2 aromatic heterocycles. The van der Waals surface area contributed by atoms with Gasteiger partial charge in [-0.15, -0.1) is 10.2 Å². The Morgan fingerprint density at radius 2 is 2.00 bits per heavy atom. The third-order valence-corrected chi connectivity index (χ3v) is 4.40. The van der Waals surface area contributed by atoms with Crippen LogP contribution in [0.2, 0.25) is 10.0 Å². The number of nitrogens with one attached hydrogen (secondary N) is 1. The van der Waals surface area contributed by atoms with Crippen molar-refractivity contribution in [3.63, 3.8) is 0 Å². The summed E-state index contributed by atoms with van der Waals surface area (Å²) in [6, 6.07) is 15.8. The van der Waals surface area contributed by atoms with Crippen LogP contribution < -0.4 is 10.1 Å². The fraction of sp³-hybridized carbons (Fsp3) is 0.0526. The van der Waals surface area contributed by atoms with Gasteiger partial charge in [-0.1, -0.05) is 35.3 Å². The molecule has 2 aromatic carbocycles. The number of aromatic nitrogens is 4. The van der Waals surface area contributed by atoms with Crippen molar-refractivity contribution < 1.29 is 9.53 Å². The summed E-state index contributed by atoms with van der Waals surface area (Å²) in [7, 11) is 0. The van der Waals surface area contributed by atoms with Crippen LogP contribution in [-0.2, 0) is 4.79 Å². The molecule has 0 aliphatic carbocycles. The number of ether oxygens (including phenoxy) is 1. The Hall–Kier alpha value is -3.16. The normalized spacial score (nSPS) is 10.8. The van der Waals surface area contributed by atoms with Crippen molar-refractivity contribution in [2.75, 3.05) is 11.9 Å². The molecule has 0 bridgehead atoms. The van der Waals surface area contributed by atoms with Crippen molar-refractivity contribution in [2.24, 2.45) is 0 Å². The van der Waals surface area contributed by atoms with Gasteiger partial charge in [0.05, 0.1) is 10.7 Å². The van der Waals surface area contributed by atoms with E-state index in [9.17, 15) is 4.79 Å². The lowest BCUT2D eigenvalue weighted by Gasteiger charge is -2.10. The van der Waals surface area contributed by atoms with Gasteiger partial charge in [0.25, 0.3) is 5.91 Å². The molecule has 140 valence electrons. The van der Waals surface area contributed by atoms with Crippen molar-refractivity contribution >= 4 is 40.4 Å². The molecule has 1 N–H and O–H groups in total. The van der Waals surface area contributed by atoms with Crippen LogP contribution in [0.5, 0.6) is 5.75 Å². The number of amides is 1.